The Morgan fingerprint density at radius 3 is 2.21 bits per heavy atom. The molecule has 0 bridgehead atoms. The monoisotopic (exact) mass is 518 g/mol. The third-order valence-electron chi connectivity index (χ3n) is 6.57. The standard InChI is InChI=1S/C24H29F3N2O3S.ClH/c1-23(2,33(31,32)20-10-6-9-19(16-20)24(25,26)27)18-11-13-29(14-12-18)22(30)21(28)15-17-7-4-3-5-8-17;/h3-10,16,18,21H,11-15,28H2,1-2H3;1H/t21-;/m0./s1. The van der Waals surface area contributed by atoms with E-state index in [4.69, 9.17) is 5.73 Å². The van der Waals surface area contributed by atoms with Gasteiger partial charge in [-0.1, -0.05) is 36.4 Å². The number of carbonyl (C=O) groups is 1. The molecule has 10 heteroatoms. The number of sulfone groups is 1. The van der Waals surface area contributed by atoms with Crippen LogP contribution in [-0.4, -0.2) is 43.1 Å². The quantitative estimate of drug-likeness (QED) is 0.611. The van der Waals surface area contributed by atoms with Crippen LogP contribution in [0.2, 0.25) is 0 Å². The van der Waals surface area contributed by atoms with E-state index >= 15 is 0 Å². The van der Waals surface area contributed by atoms with Crippen LogP contribution < -0.4 is 5.73 Å². The van der Waals surface area contributed by atoms with Gasteiger partial charge in [0.2, 0.25) is 5.91 Å². The number of hydrogen-bond acceptors (Lipinski definition) is 4. The Bertz CT molecular complexity index is 1080. The van der Waals surface area contributed by atoms with Gasteiger partial charge in [0, 0.05) is 13.1 Å². The maximum Gasteiger partial charge on any atom is 0.416 e. The molecule has 1 heterocycles. The summed E-state index contributed by atoms with van der Waals surface area (Å²) < 4.78 is 64.5. The van der Waals surface area contributed by atoms with E-state index in [2.05, 4.69) is 0 Å². The Morgan fingerprint density at radius 2 is 1.65 bits per heavy atom. The van der Waals surface area contributed by atoms with Crippen molar-refractivity contribution < 1.29 is 26.4 Å². The van der Waals surface area contributed by atoms with E-state index in [1.165, 1.54) is 6.07 Å². The van der Waals surface area contributed by atoms with Crippen molar-refractivity contribution in [3.8, 4) is 0 Å². The number of alkyl halides is 3. The summed E-state index contributed by atoms with van der Waals surface area (Å²) in [7, 11) is -4.04. The Labute approximate surface area is 204 Å². The van der Waals surface area contributed by atoms with E-state index in [0.29, 0.717) is 38.4 Å². The number of likely N-dealkylation sites (tertiary alicyclic amines) is 1. The lowest BCUT2D eigenvalue weighted by Crippen LogP contribution is -2.51. The predicted molar refractivity (Wildman–Crippen MR) is 127 cm³/mol. The van der Waals surface area contributed by atoms with Crippen molar-refractivity contribution in [1.29, 1.82) is 0 Å². The Morgan fingerprint density at radius 1 is 1.06 bits per heavy atom. The first-order valence-electron chi connectivity index (χ1n) is 10.8. The molecule has 0 unspecified atom stereocenters. The fourth-order valence-corrected chi connectivity index (χ4v) is 6.17. The minimum atomic E-state index is -4.63. The zero-order chi connectivity index (χ0) is 24.4. The maximum absolute atomic E-state index is 13.3. The molecule has 0 aliphatic carbocycles. The summed E-state index contributed by atoms with van der Waals surface area (Å²) >= 11 is 0. The fraction of sp³-hybridized carbons (Fsp3) is 0.458. The van der Waals surface area contributed by atoms with Crippen molar-refractivity contribution in [2.45, 2.75) is 55.0 Å². The van der Waals surface area contributed by atoms with Gasteiger partial charge in [0.05, 0.1) is 21.2 Å². The van der Waals surface area contributed by atoms with Gasteiger partial charge in [0.15, 0.2) is 9.84 Å². The highest BCUT2D eigenvalue weighted by atomic mass is 35.5. The molecule has 0 saturated carbocycles. The van der Waals surface area contributed by atoms with Crippen molar-refractivity contribution in [2.24, 2.45) is 11.7 Å². The zero-order valence-corrected chi connectivity index (χ0v) is 20.7. The van der Waals surface area contributed by atoms with Gasteiger partial charge in [-0.2, -0.15) is 13.2 Å². The van der Waals surface area contributed by atoms with Crippen molar-refractivity contribution in [3.05, 3.63) is 65.7 Å². The van der Waals surface area contributed by atoms with Crippen LogP contribution in [0.25, 0.3) is 0 Å². The SMILES string of the molecule is CC(C)(C1CCN(C(=O)[C@@H](N)Cc2ccccc2)CC1)S(=O)(=O)c1cccc(C(F)(F)F)c1.Cl. The molecular weight excluding hydrogens is 489 g/mol. The fourth-order valence-electron chi connectivity index (χ4n) is 4.35. The van der Waals surface area contributed by atoms with Crippen LogP contribution in [0.15, 0.2) is 59.5 Å². The second-order valence-electron chi connectivity index (χ2n) is 9.03. The average Bonchev–Trinajstić information content (AvgIpc) is 2.78. The number of nitrogens with zero attached hydrogens (tertiary/aromatic N) is 1. The number of benzene rings is 2. The number of hydrogen-bond donors (Lipinski definition) is 1. The van der Waals surface area contributed by atoms with Crippen LogP contribution >= 0.6 is 12.4 Å². The second-order valence-corrected chi connectivity index (χ2v) is 11.6. The van der Waals surface area contributed by atoms with E-state index in [1.807, 2.05) is 30.3 Å². The summed E-state index contributed by atoms with van der Waals surface area (Å²) in [6.45, 7) is 3.80. The van der Waals surface area contributed by atoms with E-state index in [9.17, 15) is 26.4 Å². The summed E-state index contributed by atoms with van der Waals surface area (Å²) in [6.07, 6.45) is -3.36. The number of carbonyl (C=O) groups excluding carboxylic acids is 1. The molecular formula is C24H30ClF3N2O3S. The molecule has 2 aromatic carbocycles. The van der Waals surface area contributed by atoms with Gasteiger partial charge in [-0.3, -0.25) is 4.79 Å². The molecule has 1 atom stereocenters. The molecule has 5 nitrogen and oxygen atoms in total. The number of rotatable bonds is 6. The first-order valence-corrected chi connectivity index (χ1v) is 12.3. The Hall–Kier alpha value is -2.10. The molecule has 188 valence electrons. The molecule has 1 saturated heterocycles. The lowest BCUT2D eigenvalue weighted by molar-refractivity contribution is -0.137. The van der Waals surface area contributed by atoms with Crippen LogP contribution in [0, 0.1) is 5.92 Å². The number of piperidine rings is 1. The minimum absolute atomic E-state index is 0. The molecule has 1 aliphatic rings. The van der Waals surface area contributed by atoms with E-state index in [1.54, 1.807) is 18.7 Å². The van der Waals surface area contributed by atoms with Gasteiger partial charge in [0.25, 0.3) is 0 Å². The zero-order valence-electron chi connectivity index (χ0n) is 19.1. The highest BCUT2D eigenvalue weighted by molar-refractivity contribution is 7.92. The molecule has 1 fully saturated rings. The van der Waals surface area contributed by atoms with Crippen molar-refractivity contribution in [1.82, 2.24) is 4.90 Å². The van der Waals surface area contributed by atoms with Crippen LogP contribution in [0.4, 0.5) is 13.2 Å². The largest absolute Gasteiger partial charge is 0.416 e. The molecule has 2 N–H and O–H groups in total. The molecule has 0 spiro atoms. The highest BCUT2D eigenvalue weighted by Gasteiger charge is 2.45. The number of nitrogens with two attached hydrogens (primary N) is 1. The second kappa shape index (κ2) is 10.7. The van der Waals surface area contributed by atoms with Gasteiger partial charge < -0.3 is 10.6 Å². The lowest BCUT2D eigenvalue weighted by Gasteiger charge is -2.40. The molecule has 0 aromatic heterocycles. The van der Waals surface area contributed by atoms with E-state index in [-0.39, 0.29) is 29.1 Å². The first kappa shape index (κ1) is 28.1. The normalized spacial score (nSPS) is 16.6. The topological polar surface area (TPSA) is 80.5 Å². The predicted octanol–water partition coefficient (Wildman–Crippen LogP) is 4.49. The van der Waals surface area contributed by atoms with Crippen molar-refractivity contribution in [3.63, 3.8) is 0 Å². The third-order valence-corrected chi connectivity index (χ3v) is 9.16. The highest BCUT2D eigenvalue weighted by Crippen LogP contribution is 2.39. The van der Waals surface area contributed by atoms with E-state index in [0.717, 1.165) is 17.7 Å². The van der Waals surface area contributed by atoms with Gasteiger partial charge in [-0.05, 0) is 62.8 Å². The Kier molecular flexibility index (Phi) is 8.82. The maximum atomic E-state index is 13.3. The minimum Gasteiger partial charge on any atom is -0.341 e. The summed E-state index contributed by atoms with van der Waals surface area (Å²) in [5.74, 6) is -0.498. The molecule has 3 rings (SSSR count). The van der Waals surface area contributed by atoms with Crippen molar-refractivity contribution >= 4 is 28.2 Å². The molecule has 1 amide bonds. The molecule has 34 heavy (non-hydrogen) atoms. The van der Waals surface area contributed by atoms with Gasteiger partial charge >= 0.3 is 6.18 Å². The van der Waals surface area contributed by atoms with E-state index < -0.39 is 32.4 Å². The first-order chi connectivity index (χ1) is 15.3. The van der Waals surface area contributed by atoms with Gasteiger partial charge in [0.1, 0.15) is 0 Å². The third kappa shape index (κ3) is 5.93. The number of halogens is 4. The Balaban J connectivity index is 0.00000408. The average molecular weight is 519 g/mol. The summed E-state index contributed by atoms with van der Waals surface area (Å²) in [6, 6.07) is 12.6. The summed E-state index contributed by atoms with van der Waals surface area (Å²) in [4.78, 5) is 14.1. The smallest absolute Gasteiger partial charge is 0.341 e. The number of amides is 1. The molecule has 2 aromatic rings. The van der Waals surface area contributed by atoms with Crippen molar-refractivity contribution in [2.75, 3.05) is 13.1 Å². The van der Waals surface area contributed by atoms with Gasteiger partial charge in [-0.25, -0.2) is 8.42 Å². The van der Waals surface area contributed by atoms with Crippen LogP contribution in [0.5, 0.6) is 0 Å². The molecule has 0 radical (unpaired) electrons. The summed E-state index contributed by atoms with van der Waals surface area (Å²) in [5.41, 5.74) is 6.08. The van der Waals surface area contributed by atoms with Crippen LogP contribution in [0.1, 0.15) is 37.8 Å². The van der Waals surface area contributed by atoms with Crippen LogP contribution in [-0.2, 0) is 27.2 Å². The molecule has 1 aliphatic heterocycles. The lowest BCUT2D eigenvalue weighted by atomic mass is 9.85. The summed E-state index contributed by atoms with van der Waals surface area (Å²) in [5, 5.41) is 0. The van der Waals surface area contributed by atoms with Gasteiger partial charge in [-0.15, -0.1) is 12.4 Å². The van der Waals surface area contributed by atoms with Crippen LogP contribution in [0.3, 0.4) is 0 Å².